The first-order chi connectivity index (χ1) is 9.74. The van der Waals surface area contributed by atoms with E-state index in [1.54, 1.807) is 4.90 Å². The van der Waals surface area contributed by atoms with Gasteiger partial charge in [-0.25, -0.2) is 4.79 Å². The summed E-state index contributed by atoms with van der Waals surface area (Å²) in [4.78, 5) is 30.8. The summed E-state index contributed by atoms with van der Waals surface area (Å²) in [6.07, 6.45) is 1.47. The highest BCUT2D eigenvalue weighted by atomic mass is 32.1. The first kappa shape index (κ1) is 15.8. The first-order valence-corrected chi connectivity index (χ1v) is 7.47. The summed E-state index contributed by atoms with van der Waals surface area (Å²) in [5, 5.41) is 0. The van der Waals surface area contributed by atoms with E-state index in [2.05, 4.69) is 9.97 Å². The number of likely N-dealkylation sites (tertiary alicyclic amines) is 1. The number of aromatic amines is 2. The van der Waals surface area contributed by atoms with Crippen LogP contribution in [-0.4, -0.2) is 39.7 Å². The third-order valence-corrected chi connectivity index (χ3v) is 3.50. The highest BCUT2D eigenvalue weighted by Crippen LogP contribution is 2.25. The van der Waals surface area contributed by atoms with E-state index in [9.17, 15) is 9.59 Å². The molecule has 1 amide bonds. The number of hydrogen-bond donors (Lipinski definition) is 2. The number of piperidine rings is 1. The quantitative estimate of drug-likeness (QED) is 0.781. The normalized spacial score (nSPS) is 19.4. The Morgan fingerprint density at radius 2 is 2.14 bits per heavy atom. The van der Waals surface area contributed by atoms with Gasteiger partial charge in [-0.05, 0) is 45.8 Å². The zero-order chi connectivity index (χ0) is 15.6. The van der Waals surface area contributed by atoms with Crippen LogP contribution in [0.15, 0.2) is 10.9 Å². The van der Waals surface area contributed by atoms with Crippen LogP contribution in [0.2, 0.25) is 0 Å². The molecule has 1 aromatic rings. The highest BCUT2D eigenvalue weighted by molar-refractivity contribution is 7.71. The van der Waals surface area contributed by atoms with E-state index < -0.39 is 5.60 Å². The topological polar surface area (TPSA) is 78.2 Å². The lowest BCUT2D eigenvalue weighted by Crippen LogP contribution is -2.42. The van der Waals surface area contributed by atoms with E-state index >= 15 is 0 Å². The summed E-state index contributed by atoms with van der Waals surface area (Å²) in [7, 11) is 0. The van der Waals surface area contributed by atoms with Gasteiger partial charge in [0.1, 0.15) is 5.60 Å². The van der Waals surface area contributed by atoms with Gasteiger partial charge in [-0.3, -0.25) is 9.78 Å². The van der Waals surface area contributed by atoms with Crippen molar-refractivity contribution in [1.82, 2.24) is 14.9 Å². The lowest BCUT2D eigenvalue weighted by atomic mass is 9.95. The van der Waals surface area contributed by atoms with Crippen LogP contribution in [-0.2, 0) is 4.74 Å². The molecule has 6 nitrogen and oxygen atoms in total. The fourth-order valence-electron chi connectivity index (χ4n) is 2.43. The average Bonchev–Trinajstić information content (AvgIpc) is 2.36. The van der Waals surface area contributed by atoms with Gasteiger partial charge in [0.05, 0.1) is 0 Å². The van der Waals surface area contributed by atoms with Gasteiger partial charge < -0.3 is 14.6 Å². The summed E-state index contributed by atoms with van der Waals surface area (Å²) in [5.41, 5.74) is 0.0496. The molecule has 2 N–H and O–H groups in total. The van der Waals surface area contributed by atoms with Crippen LogP contribution >= 0.6 is 12.2 Å². The standard InChI is InChI=1S/C14H21N3O3S/c1-14(2,3)20-13(19)17-6-4-5-9(8-17)10-7-11(18)16-12(21)15-10/h7,9H,4-6,8H2,1-3H3,(H2,15,16,18,21)/t9-/m1/s1. The second-order valence-electron chi connectivity index (χ2n) is 6.31. The van der Waals surface area contributed by atoms with Gasteiger partial charge in [0, 0.05) is 30.8 Å². The molecule has 2 rings (SSSR count). The zero-order valence-electron chi connectivity index (χ0n) is 12.6. The van der Waals surface area contributed by atoms with Crippen molar-refractivity contribution in [2.45, 2.75) is 45.1 Å². The molecule has 1 aliphatic heterocycles. The molecule has 0 aliphatic carbocycles. The van der Waals surface area contributed by atoms with E-state index in [1.807, 2.05) is 20.8 Å². The van der Waals surface area contributed by atoms with Crippen molar-refractivity contribution in [2.24, 2.45) is 0 Å². The molecule has 2 heterocycles. The van der Waals surface area contributed by atoms with E-state index in [0.29, 0.717) is 17.9 Å². The number of carbonyl (C=O) groups excluding carboxylic acids is 1. The summed E-state index contributed by atoms with van der Waals surface area (Å²) in [6.45, 7) is 6.75. The number of aromatic nitrogens is 2. The Kier molecular flexibility index (Phi) is 4.51. The second-order valence-corrected chi connectivity index (χ2v) is 6.72. The van der Waals surface area contributed by atoms with Crippen molar-refractivity contribution in [1.29, 1.82) is 0 Å². The maximum absolute atomic E-state index is 12.1. The second kappa shape index (κ2) is 6.01. The number of nitrogens with zero attached hydrogens (tertiary/aromatic N) is 1. The molecule has 1 aromatic heterocycles. The van der Waals surface area contributed by atoms with Crippen molar-refractivity contribution >= 4 is 18.3 Å². The van der Waals surface area contributed by atoms with Crippen LogP contribution in [0, 0.1) is 4.77 Å². The Bertz CT molecular complexity index is 601. The first-order valence-electron chi connectivity index (χ1n) is 7.06. The predicted octanol–water partition coefficient (Wildman–Crippen LogP) is 2.55. The van der Waals surface area contributed by atoms with Gasteiger partial charge in [0.2, 0.25) is 0 Å². The van der Waals surface area contributed by atoms with Crippen LogP contribution in [0.4, 0.5) is 4.79 Å². The van der Waals surface area contributed by atoms with Crippen molar-refractivity contribution in [3.8, 4) is 0 Å². The van der Waals surface area contributed by atoms with Crippen molar-refractivity contribution < 1.29 is 9.53 Å². The Balaban J connectivity index is 2.12. The SMILES string of the molecule is CC(C)(C)OC(=O)N1CCC[C@@H](c2cc(=O)[nH]c(=S)[nH]2)C1. The van der Waals surface area contributed by atoms with Crippen LogP contribution in [0.1, 0.15) is 45.2 Å². The van der Waals surface area contributed by atoms with Gasteiger partial charge in [0.25, 0.3) is 5.56 Å². The Morgan fingerprint density at radius 1 is 1.43 bits per heavy atom. The van der Waals surface area contributed by atoms with Gasteiger partial charge in [-0.2, -0.15) is 0 Å². The maximum Gasteiger partial charge on any atom is 0.410 e. The van der Waals surface area contributed by atoms with Crippen LogP contribution in [0.25, 0.3) is 0 Å². The monoisotopic (exact) mass is 311 g/mol. The molecule has 7 heteroatoms. The third kappa shape index (κ3) is 4.42. The smallest absolute Gasteiger partial charge is 0.410 e. The minimum Gasteiger partial charge on any atom is -0.444 e. The van der Waals surface area contributed by atoms with Gasteiger partial charge in [-0.1, -0.05) is 0 Å². The van der Waals surface area contributed by atoms with E-state index in [0.717, 1.165) is 18.5 Å². The molecule has 0 unspecified atom stereocenters. The van der Waals surface area contributed by atoms with E-state index in [4.69, 9.17) is 17.0 Å². The summed E-state index contributed by atoms with van der Waals surface area (Å²) in [5.74, 6) is 0.0790. The van der Waals surface area contributed by atoms with Crippen LogP contribution in [0.3, 0.4) is 0 Å². The molecule has 0 saturated carbocycles. The molecule has 1 atom stereocenters. The molecule has 0 radical (unpaired) electrons. The molecule has 0 aromatic carbocycles. The molecule has 116 valence electrons. The van der Waals surface area contributed by atoms with Crippen LogP contribution < -0.4 is 5.56 Å². The van der Waals surface area contributed by atoms with Gasteiger partial charge in [0.15, 0.2) is 4.77 Å². The summed E-state index contributed by atoms with van der Waals surface area (Å²) < 4.78 is 5.71. The molecule has 1 saturated heterocycles. The number of nitrogens with one attached hydrogen (secondary N) is 2. The van der Waals surface area contributed by atoms with E-state index in [-0.39, 0.29) is 17.6 Å². The predicted molar refractivity (Wildman–Crippen MR) is 82.0 cm³/mol. The molecule has 0 spiro atoms. The average molecular weight is 311 g/mol. The van der Waals surface area contributed by atoms with Gasteiger partial charge >= 0.3 is 6.09 Å². The largest absolute Gasteiger partial charge is 0.444 e. The summed E-state index contributed by atoms with van der Waals surface area (Å²) >= 11 is 4.99. The number of hydrogen-bond acceptors (Lipinski definition) is 4. The van der Waals surface area contributed by atoms with Gasteiger partial charge in [-0.15, -0.1) is 0 Å². The molecular weight excluding hydrogens is 290 g/mol. The van der Waals surface area contributed by atoms with E-state index in [1.165, 1.54) is 6.07 Å². The Morgan fingerprint density at radius 3 is 2.76 bits per heavy atom. The molecule has 21 heavy (non-hydrogen) atoms. The zero-order valence-corrected chi connectivity index (χ0v) is 13.4. The lowest BCUT2D eigenvalue weighted by molar-refractivity contribution is 0.0197. The number of amides is 1. The van der Waals surface area contributed by atoms with Crippen LogP contribution in [0.5, 0.6) is 0 Å². The van der Waals surface area contributed by atoms with Crippen molar-refractivity contribution in [3.05, 3.63) is 26.9 Å². The number of ether oxygens (including phenoxy) is 1. The molecule has 1 fully saturated rings. The fourth-order valence-corrected chi connectivity index (χ4v) is 2.65. The minimum atomic E-state index is -0.506. The lowest BCUT2D eigenvalue weighted by Gasteiger charge is -2.34. The number of rotatable bonds is 1. The number of H-pyrrole nitrogens is 2. The molecule has 1 aliphatic rings. The summed E-state index contributed by atoms with van der Waals surface area (Å²) in [6, 6.07) is 1.51. The highest BCUT2D eigenvalue weighted by Gasteiger charge is 2.28. The maximum atomic E-state index is 12.1. The van der Waals surface area contributed by atoms with Crippen molar-refractivity contribution in [3.63, 3.8) is 0 Å². The Hall–Kier alpha value is -1.63. The minimum absolute atomic E-state index is 0.0790. The Labute approximate surface area is 128 Å². The number of carbonyl (C=O) groups is 1. The third-order valence-electron chi connectivity index (χ3n) is 3.29. The molecular formula is C14H21N3O3S. The fraction of sp³-hybridized carbons (Fsp3) is 0.643. The molecule has 0 bridgehead atoms. The van der Waals surface area contributed by atoms with Crippen molar-refractivity contribution in [2.75, 3.05) is 13.1 Å².